The van der Waals surface area contributed by atoms with Crippen molar-refractivity contribution in [3.63, 3.8) is 0 Å². The van der Waals surface area contributed by atoms with Crippen molar-refractivity contribution in [3.05, 3.63) is 24.0 Å². The molecule has 1 rings (SSSR count). The molecule has 0 radical (unpaired) electrons. The molecule has 2 N–H and O–H groups in total. The Kier molecular flexibility index (Phi) is 3.52. The summed E-state index contributed by atoms with van der Waals surface area (Å²) < 4.78 is 37.6. The van der Waals surface area contributed by atoms with Crippen LogP contribution in [0.5, 0.6) is 0 Å². The van der Waals surface area contributed by atoms with Gasteiger partial charge in [0.1, 0.15) is 0 Å². The molecular formula is C9H11F3N2O. The highest BCUT2D eigenvalue weighted by Crippen LogP contribution is 2.21. The third-order valence-corrected chi connectivity index (χ3v) is 1.89. The number of aryl methyl sites for hydroxylation is 1. The molecule has 0 atom stereocenters. The van der Waals surface area contributed by atoms with Crippen molar-refractivity contribution in [2.24, 2.45) is 5.73 Å². The van der Waals surface area contributed by atoms with Crippen molar-refractivity contribution >= 4 is 5.78 Å². The highest BCUT2D eigenvalue weighted by Gasteiger charge is 2.39. The minimum Gasteiger partial charge on any atom is -0.353 e. The minimum atomic E-state index is -4.81. The lowest BCUT2D eigenvalue weighted by Crippen LogP contribution is -2.22. The smallest absolute Gasteiger partial charge is 0.353 e. The van der Waals surface area contributed by atoms with E-state index >= 15 is 0 Å². The second-order valence-electron chi connectivity index (χ2n) is 3.11. The molecule has 0 aliphatic carbocycles. The van der Waals surface area contributed by atoms with Crippen molar-refractivity contribution in [1.82, 2.24) is 4.57 Å². The summed E-state index contributed by atoms with van der Waals surface area (Å²) in [6.45, 7) is 0.975. The van der Waals surface area contributed by atoms with Gasteiger partial charge in [0.25, 0.3) is 5.78 Å². The molecule has 1 heterocycles. The Morgan fingerprint density at radius 3 is 2.67 bits per heavy atom. The van der Waals surface area contributed by atoms with E-state index in [1.165, 1.54) is 17.0 Å². The van der Waals surface area contributed by atoms with E-state index in [0.29, 0.717) is 19.5 Å². The predicted molar refractivity (Wildman–Crippen MR) is 48.5 cm³/mol. The van der Waals surface area contributed by atoms with E-state index in [-0.39, 0.29) is 5.56 Å². The molecule has 0 saturated heterocycles. The van der Waals surface area contributed by atoms with Gasteiger partial charge in [0.15, 0.2) is 0 Å². The van der Waals surface area contributed by atoms with Crippen LogP contribution < -0.4 is 5.73 Å². The van der Waals surface area contributed by atoms with Gasteiger partial charge in [-0.25, -0.2) is 0 Å². The summed E-state index contributed by atoms with van der Waals surface area (Å²) in [6, 6.07) is 1.16. The largest absolute Gasteiger partial charge is 0.454 e. The Morgan fingerprint density at radius 2 is 2.13 bits per heavy atom. The zero-order valence-electron chi connectivity index (χ0n) is 7.92. The molecule has 15 heavy (non-hydrogen) atoms. The van der Waals surface area contributed by atoms with Gasteiger partial charge in [-0.2, -0.15) is 13.2 Å². The summed E-state index contributed by atoms with van der Waals surface area (Å²) in [5.74, 6) is -1.81. The summed E-state index contributed by atoms with van der Waals surface area (Å²) in [7, 11) is 0. The number of Topliss-reactive ketones (excluding diaryl/α,β-unsaturated/α-hetero) is 1. The molecule has 0 fully saturated rings. The molecule has 0 spiro atoms. The van der Waals surface area contributed by atoms with E-state index in [0.717, 1.165) is 6.07 Å². The zero-order valence-corrected chi connectivity index (χ0v) is 7.92. The van der Waals surface area contributed by atoms with Crippen LogP contribution in [0.2, 0.25) is 0 Å². The number of nitrogens with two attached hydrogens (primary N) is 1. The van der Waals surface area contributed by atoms with Gasteiger partial charge in [-0.05, 0) is 19.0 Å². The zero-order chi connectivity index (χ0) is 11.5. The van der Waals surface area contributed by atoms with Crippen molar-refractivity contribution in [2.45, 2.75) is 19.1 Å². The third kappa shape index (κ3) is 3.09. The van der Waals surface area contributed by atoms with Gasteiger partial charge in [-0.3, -0.25) is 4.79 Å². The van der Waals surface area contributed by atoms with E-state index in [1.54, 1.807) is 0 Å². The topological polar surface area (TPSA) is 48.0 Å². The van der Waals surface area contributed by atoms with Crippen molar-refractivity contribution in [3.8, 4) is 0 Å². The molecule has 0 aliphatic heterocycles. The number of hydrogen-bond donors (Lipinski definition) is 1. The molecule has 1 aromatic rings. The number of hydrogen-bond acceptors (Lipinski definition) is 2. The average molecular weight is 220 g/mol. The minimum absolute atomic E-state index is 0.334. The third-order valence-electron chi connectivity index (χ3n) is 1.89. The summed E-state index contributed by atoms with van der Waals surface area (Å²) in [6.07, 6.45) is -1.52. The van der Waals surface area contributed by atoms with Gasteiger partial charge in [0.05, 0.1) is 0 Å². The summed E-state index contributed by atoms with van der Waals surface area (Å²) in [4.78, 5) is 10.8. The van der Waals surface area contributed by atoms with Crippen molar-refractivity contribution in [1.29, 1.82) is 0 Å². The first-order valence-corrected chi connectivity index (χ1v) is 4.42. The first kappa shape index (κ1) is 11.8. The van der Waals surface area contributed by atoms with Crippen LogP contribution >= 0.6 is 0 Å². The lowest BCUT2D eigenvalue weighted by Gasteiger charge is -2.02. The van der Waals surface area contributed by atoms with E-state index in [1.807, 2.05) is 0 Å². The quantitative estimate of drug-likeness (QED) is 0.783. The van der Waals surface area contributed by atoms with Crippen LogP contribution in [0, 0.1) is 0 Å². The van der Waals surface area contributed by atoms with Gasteiger partial charge >= 0.3 is 6.18 Å². The van der Waals surface area contributed by atoms with Crippen molar-refractivity contribution < 1.29 is 18.0 Å². The average Bonchev–Trinajstić information content (AvgIpc) is 2.60. The number of halogens is 3. The van der Waals surface area contributed by atoms with Crippen LogP contribution in [-0.2, 0) is 6.54 Å². The number of rotatable bonds is 4. The number of aromatic nitrogens is 1. The van der Waals surface area contributed by atoms with Gasteiger partial charge in [-0.1, -0.05) is 0 Å². The Morgan fingerprint density at radius 1 is 1.47 bits per heavy atom. The SMILES string of the molecule is NCCCn1ccc(C(=O)C(F)(F)F)c1. The van der Waals surface area contributed by atoms with E-state index < -0.39 is 12.0 Å². The molecule has 0 saturated carbocycles. The van der Waals surface area contributed by atoms with Crippen LogP contribution in [0.4, 0.5) is 13.2 Å². The maximum absolute atomic E-state index is 12.0. The lowest BCUT2D eigenvalue weighted by atomic mass is 10.2. The van der Waals surface area contributed by atoms with Gasteiger partial charge < -0.3 is 10.3 Å². The fourth-order valence-electron chi connectivity index (χ4n) is 1.15. The molecule has 0 aromatic carbocycles. The van der Waals surface area contributed by atoms with Crippen LogP contribution in [0.3, 0.4) is 0 Å². The van der Waals surface area contributed by atoms with Crippen molar-refractivity contribution in [2.75, 3.05) is 6.54 Å². The molecule has 6 heteroatoms. The Labute approximate surface area is 84.7 Å². The number of carbonyl (C=O) groups excluding carboxylic acids is 1. The first-order valence-electron chi connectivity index (χ1n) is 4.42. The predicted octanol–water partition coefficient (Wildman–Crippen LogP) is 1.58. The number of ketones is 1. The van der Waals surface area contributed by atoms with E-state index in [4.69, 9.17) is 5.73 Å². The molecule has 84 valence electrons. The maximum Gasteiger partial charge on any atom is 0.454 e. The second-order valence-corrected chi connectivity index (χ2v) is 3.11. The van der Waals surface area contributed by atoms with Crippen LogP contribution in [0.15, 0.2) is 18.5 Å². The highest BCUT2D eigenvalue weighted by molar-refractivity contribution is 6.00. The fraction of sp³-hybridized carbons (Fsp3) is 0.444. The molecule has 0 bridgehead atoms. The number of carbonyl (C=O) groups is 1. The Hall–Kier alpha value is -1.30. The monoisotopic (exact) mass is 220 g/mol. The van der Waals surface area contributed by atoms with Crippen LogP contribution in [-0.4, -0.2) is 23.1 Å². The van der Waals surface area contributed by atoms with E-state index in [9.17, 15) is 18.0 Å². The standard InChI is InChI=1S/C9H11F3N2O/c10-9(11,12)8(15)7-2-5-14(6-7)4-1-3-13/h2,5-6H,1,3-4,13H2. The normalized spacial score (nSPS) is 11.7. The summed E-state index contributed by atoms with van der Waals surface area (Å²) in [5, 5.41) is 0. The molecule has 3 nitrogen and oxygen atoms in total. The number of alkyl halides is 3. The Bertz CT molecular complexity index is 343. The van der Waals surface area contributed by atoms with Crippen LogP contribution in [0.1, 0.15) is 16.8 Å². The first-order chi connectivity index (χ1) is 6.95. The Balaban J connectivity index is 2.72. The van der Waals surface area contributed by atoms with E-state index in [2.05, 4.69) is 0 Å². The molecule has 0 amide bonds. The molecule has 0 aliphatic rings. The van der Waals surface area contributed by atoms with Gasteiger partial charge in [-0.15, -0.1) is 0 Å². The van der Waals surface area contributed by atoms with Crippen LogP contribution in [0.25, 0.3) is 0 Å². The summed E-state index contributed by atoms with van der Waals surface area (Å²) in [5.41, 5.74) is 4.92. The lowest BCUT2D eigenvalue weighted by molar-refractivity contribution is -0.0885. The fourth-order valence-corrected chi connectivity index (χ4v) is 1.15. The molecular weight excluding hydrogens is 209 g/mol. The van der Waals surface area contributed by atoms with Gasteiger partial charge in [0.2, 0.25) is 0 Å². The second kappa shape index (κ2) is 4.48. The molecule has 0 unspecified atom stereocenters. The molecule has 1 aromatic heterocycles. The number of nitrogens with zero attached hydrogens (tertiary/aromatic N) is 1. The highest BCUT2D eigenvalue weighted by atomic mass is 19.4. The van der Waals surface area contributed by atoms with Gasteiger partial charge in [0, 0.05) is 24.5 Å². The summed E-state index contributed by atoms with van der Waals surface area (Å²) >= 11 is 0. The maximum atomic E-state index is 12.0.